The number of thioether (sulfide) groups is 1. The minimum atomic E-state index is -0.379. The van der Waals surface area contributed by atoms with Crippen LogP contribution in [0.5, 0.6) is 11.5 Å². The molecule has 0 N–H and O–H groups in total. The van der Waals surface area contributed by atoms with Crippen LogP contribution in [0.4, 0.5) is 9.18 Å². The van der Waals surface area contributed by atoms with Crippen molar-refractivity contribution in [2.75, 3.05) is 13.2 Å². The third kappa shape index (κ3) is 5.04. The van der Waals surface area contributed by atoms with Crippen LogP contribution >= 0.6 is 23.4 Å². The van der Waals surface area contributed by atoms with Crippen molar-refractivity contribution in [3.05, 3.63) is 75.9 Å². The lowest BCUT2D eigenvalue weighted by molar-refractivity contribution is -0.122. The van der Waals surface area contributed by atoms with E-state index < -0.39 is 0 Å². The van der Waals surface area contributed by atoms with Gasteiger partial charge in [-0.15, -0.1) is 6.58 Å². The summed E-state index contributed by atoms with van der Waals surface area (Å²) in [5.41, 5.74) is 1.37. The highest BCUT2D eigenvalue weighted by atomic mass is 35.5. The van der Waals surface area contributed by atoms with E-state index in [-0.39, 0.29) is 30.1 Å². The molecule has 2 aromatic carbocycles. The first-order valence-corrected chi connectivity index (χ1v) is 10.3. The molecular formula is C22H19ClFNO4S. The number of hydrogen-bond donors (Lipinski definition) is 0. The van der Waals surface area contributed by atoms with Crippen LogP contribution in [0.2, 0.25) is 5.02 Å². The third-order valence-corrected chi connectivity index (χ3v) is 5.30. The van der Waals surface area contributed by atoms with E-state index >= 15 is 0 Å². The standard InChI is InChI=1S/C22H19ClFNO4S/c1-3-9-25-21(26)19(30-22(25)27)12-15-10-17(23)20(18(11-15)28-4-2)29-13-14-5-7-16(24)8-6-14/h3,5-8,10-12H,1,4,9,13H2,2H3/b19-12+. The summed E-state index contributed by atoms with van der Waals surface area (Å²) in [5.74, 6) is 0.0488. The van der Waals surface area contributed by atoms with Crippen LogP contribution in [0.25, 0.3) is 6.08 Å². The predicted molar refractivity (Wildman–Crippen MR) is 116 cm³/mol. The number of benzene rings is 2. The predicted octanol–water partition coefficient (Wildman–Crippen LogP) is 5.68. The molecule has 1 fully saturated rings. The Bertz CT molecular complexity index is 1010. The van der Waals surface area contributed by atoms with Crippen molar-refractivity contribution in [2.24, 2.45) is 0 Å². The monoisotopic (exact) mass is 447 g/mol. The second-order valence-corrected chi connectivity index (χ2v) is 7.66. The molecule has 0 aliphatic carbocycles. The van der Waals surface area contributed by atoms with Crippen LogP contribution in [0.15, 0.2) is 54.0 Å². The van der Waals surface area contributed by atoms with Gasteiger partial charge in [-0.2, -0.15) is 0 Å². The zero-order valence-corrected chi connectivity index (χ0v) is 17.8. The summed E-state index contributed by atoms with van der Waals surface area (Å²) in [4.78, 5) is 25.8. The second kappa shape index (κ2) is 9.82. The quantitative estimate of drug-likeness (QED) is 0.385. The van der Waals surface area contributed by atoms with Gasteiger partial charge in [0.1, 0.15) is 12.4 Å². The lowest BCUT2D eigenvalue weighted by Crippen LogP contribution is -2.27. The Labute approximate surface area is 183 Å². The Morgan fingerprint density at radius 2 is 1.93 bits per heavy atom. The first-order chi connectivity index (χ1) is 14.4. The lowest BCUT2D eigenvalue weighted by Gasteiger charge is -2.15. The van der Waals surface area contributed by atoms with Gasteiger partial charge >= 0.3 is 0 Å². The Morgan fingerprint density at radius 3 is 2.60 bits per heavy atom. The fourth-order valence-electron chi connectivity index (χ4n) is 2.75. The topological polar surface area (TPSA) is 55.8 Å². The number of halogens is 2. The Kier molecular flexibility index (Phi) is 7.18. The van der Waals surface area contributed by atoms with Gasteiger partial charge in [0.25, 0.3) is 11.1 Å². The van der Waals surface area contributed by atoms with Gasteiger partial charge in [-0.05, 0) is 60.2 Å². The number of imide groups is 1. The van der Waals surface area contributed by atoms with Gasteiger partial charge in [0.05, 0.1) is 16.5 Å². The summed E-state index contributed by atoms with van der Waals surface area (Å²) in [6.45, 7) is 6.10. The van der Waals surface area contributed by atoms with Crippen molar-refractivity contribution >= 4 is 40.6 Å². The minimum absolute atomic E-state index is 0.156. The van der Waals surface area contributed by atoms with Crippen molar-refractivity contribution in [2.45, 2.75) is 13.5 Å². The maximum atomic E-state index is 13.1. The van der Waals surface area contributed by atoms with E-state index in [9.17, 15) is 14.0 Å². The summed E-state index contributed by atoms with van der Waals surface area (Å²) in [6, 6.07) is 9.27. The highest BCUT2D eigenvalue weighted by molar-refractivity contribution is 8.18. The number of carbonyl (C=O) groups is 2. The van der Waals surface area contributed by atoms with Gasteiger partial charge < -0.3 is 9.47 Å². The van der Waals surface area contributed by atoms with E-state index in [1.165, 1.54) is 18.2 Å². The molecule has 0 unspecified atom stereocenters. The van der Waals surface area contributed by atoms with Crippen LogP contribution in [0.3, 0.4) is 0 Å². The molecule has 5 nitrogen and oxygen atoms in total. The zero-order chi connectivity index (χ0) is 21.7. The summed E-state index contributed by atoms with van der Waals surface area (Å²) < 4.78 is 24.5. The largest absolute Gasteiger partial charge is 0.490 e. The summed E-state index contributed by atoms with van der Waals surface area (Å²) in [6.07, 6.45) is 3.09. The average molecular weight is 448 g/mol. The molecule has 1 heterocycles. The van der Waals surface area contributed by atoms with Crippen molar-refractivity contribution in [3.8, 4) is 11.5 Å². The maximum Gasteiger partial charge on any atom is 0.293 e. The highest BCUT2D eigenvalue weighted by Gasteiger charge is 2.34. The molecule has 0 bridgehead atoms. The molecule has 0 spiro atoms. The third-order valence-electron chi connectivity index (χ3n) is 4.11. The molecule has 156 valence electrons. The SMILES string of the molecule is C=CCN1C(=O)S/C(=C/c2cc(Cl)c(OCc3ccc(F)cc3)c(OCC)c2)C1=O. The maximum absolute atomic E-state index is 13.1. The molecule has 0 atom stereocenters. The molecule has 2 amide bonds. The van der Waals surface area contributed by atoms with E-state index in [0.717, 1.165) is 22.2 Å². The molecule has 1 aliphatic heterocycles. The highest BCUT2D eigenvalue weighted by Crippen LogP contribution is 2.39. The van der Waals surface area contributed by atoms with Gasteiger partial charge in [0, 0.05) is 6.54 Å². The molecule has 30 heavy (non-hydrogen) atoms. The Morgan fingerprint density at radius 1 is 1.20 bits per heavy atom. The molecule has 3 rings (SSSR count). The molecule has 1 saturated heterocycles. The van der Waals surface area contributed by atoms with Crippen LogP contribution in [0.1, 0.15) is 18.1 Å². The summed E-state index contributed by atoms with van der Waals surface area (Å²) in [5, 5.41) is -0.0545. The zero-order valence-electron chi connectivity index (χ0n) is 16.2. The van der Waals surface area contributed by atoms with E-state index in [2.05, 4.69) is 6.58 Å². The first-order valence-electron chi connectivity index (χ1n) is 9.12. The number of ether oxygens (including phenoxy) is 2. The Balaban J connectivity index is 1.85. The van der Waals surface area contributed by atoms with Crippen LogP contribution < -0.4 is 9.47 Å². The van der Waals surface area contributed by atoms with E-state index in [4.69, 9.17) is 21.1 Å². The van der Waals surface area contributed by atoms with Crippen LogP contribution in [-0.4, -0.2) is 29.2 Å². The van der Waals surface area contributed by atoms with Crippen molar-refractivity contribution in [3.63, 3.8) is 0 Å². The van der Waals surface area contributed by atoms with Gasteiger partial charge in [0.15, 0.2) is 11.5 Å². The molecular weight excluding hydrogens is 429 g/mol. The van der Waals surface area contributed by atoms with Crippen molar-refractivity contribution in [1.29, 1.82) is 0 Å². The normalized spacial score (nSPS) is 15.0. The summed E-state index contributed by atoms with van der Waals surface area (Å²) in [7, 11) is 0. The van der Waals surface area contributed by atoms with Gasteiger partial charge in [-0.1, -0.05) is 29.8 Å². The molecule has 8 heteroatoms. The lowest BCUT2D eigenvalue weighted by atomic mass is 10.1. The van der Waals surface area contributed by atoms with E-state index in [1.54, 1.807) is 30.3 Å². The van der Waals surface area contributed by atoms with Crippen LogP contribution in [0, 0.1) is 5.82 Å². The molecule has 0 saturated carbocycles. The molecule has 0 radical (unpaired) electrons. The average Bonchev–Trinajstić information content (AvgIpc) is 2.97. The molecule has 2 aromatic rings. The number of hydrogen-bond acceptors (Lipinski definition) is 5. The van der Waals surface area contributed by atoms with Gasteiger partial charge in [-0.25, -0.2) is 4.39 Å². The summed E-state index contributed by atoms with van der Waals surface area (Å²) >= 11 is 7.27. The number of carbonyl (C=O) groups excluding carboxylic acids is 2. The Hall–Kier alpha value is -2.77. The fraction of sp³-hybridized carbons (Fsp3) is 0.182. The van der Waals surface area contributed by atoms with Gasteiger partial charge in [0.2, 0.25) is 0 Å². The smallest absolute Gasteiger partial charge is 0.293 e. The fourth-order valence-corrected chi connectivity index (χ4v) is 3.87. The first kappa shape index (κ1) is 21.9. The van der Waals surface area contributed by atoms with E-state index in [1.807, 2.05) is 6.92 Å². The van der Waals surface area contributed by atoms with E-state index in [0.29, 0.717) is 33.6 Å². The molecule has 1 aliphatic rings. The minimum Gasteiger partial charge on any atom is -0.490 e. The number of nitrogens with zero attached hydrogens (tertiary/aromatic N) is 1. The van der Waals surface area contributed by atoms with Crippen LogP contribution in [-0.2, 0) is 11.4 Å². The second-order valence-electron chi connectivity index (χ2n) is 6.26. The van der Waals surface area contributed by atoms with Gasteiger partial charge in [-0.3, -0.25) is 14.5 Å². The van der Waals surface area contributed by atoms with Crippen molar-refractivity contribution in [1.82, 2.24) is 4.90 Å². The number of amides is 2. The molecule has 0 aromatic heterocycles. The van der Waals surface area contributed by atoms with Crippen molar-refractivity contribution < 1.29 is 23.5 Å². The number of rotatable bonds is 8.